The predicted molar refractivity (Wildman–Crippen MR) is 72.1 cm³/mol. The maximum absolute atomic E-state index is 12.1. The van der Waals surface area contributed by atoms with Gasteiger partial charge in [0.1, 0.15) is 0 Å². The fraction of sp³-hybridized carbons (Fsp3) is 0.250. The third-order valence-electron chi connectivity index (χ3n) is 3.88. The molecule has 0 saturated heterocycles. The first-order valence-electron chi connectivity index (χ1n) is 6.37. The van der Waals surface area contributed by atoms with Crippen LogP contribution in [0.2, 0.25) is 0 Å². The fourth-order valence-corrected chi connectivity index (χ4v) is 3.04. The molecule has 1 aromatic carbocycles. The average Bonchev–Trinajstić information content (AvgIpc) is 2.53. The summed E-state index contributed by atoms with van der Waals surface area (Å²) in [6.07, 6.45) is 3.90. The van der Waals surface area contributed by atoms with Crippen LogP contribution < -0.4 is 0 Å². The van der Waals surface area contributed by atoms with Crippen molar-refractivity contribution in [2.24, 2.45) is 0 Å². The van der Waals surface area contributed by atoms with Gasteiger partial charge in [0.15, 0.2) is 0 Å². The number of methoxy groups -OCH3 is 2. The number of allylic oxidation sites excluding steroid dienone is 2. The van der Waals surface area contributed by atoms with Crippen LogP contribution in [0.25, 0.3) is 0 Å². The van der Waals surface area contributed by atoms with Crippen LogP contribution in [0.15, 0.2) is 47.6 Å². The summed E-state index contributed by atoms with van der Waals surface area (Å²) in [5.74, 6) is -1.42. The zero-order valence-electron chi connectivity index (χ0n) is 11.3. The van der Waals surface area contributed by atoms with Crippen LogP contribution in [0.3, 0.4) is 0 Å². The molecule has 2 bridgehead atoms. The van der Waals surface area contributed by atoms with Gasteiger partial charge in [-0.05, 0) is 11.1 Å². The van der Waals surface area contributed by atoms with Gasteiger partial charge in [0.2, 0.25) is 0 Å². The van der Waals surface area contributed by atoms with Gasteiger partial charge in [-0.25, -0.2) is 9.59 Å². The lowest BCUT2D eigenvalue weighted by atomic mass is 9.68. The van der Waals surface area contributed by atoms with Crippen LogP contribution >= 0.6 is 0 Å². The van der Waals surface area contributed by atoms with E-state index < -0.39 is 11.9 Å². The summed E-state index contributed by atoms with van der Waals surface area (Å²) in [6, 6.07) is 7.82. The Balaban J connectivity index is 2.22. The van der Waals surface area contributed by atoms with Crippen LogP contribution in [0.4, 0.5) is 0 Å². The van der Waals surface area contributed by atoms with Gasteiger partial charge in [0.05, 0.1) is 25.4 Å². The van der Waals surface area contributed by atoms with E-state index in [1.165, 1.54) is 14.2 Å². The number of carbonyl (C=O) groups excluding carboxylic acids is 2. The molecule has 0 amide bonds. The van der Waals surface area contributed by atoms with Crippen molar-refractivity contribution in [1.29, 1.82) is 0 Å². The molecular weight excluding hydrogens is 256 g/mol. The number of carbonyl (C=O) groups is 2. The fourth-order valence-electron chi connectivity index (χ4n) is 3.04. The van der Waals surface area contributed by atoms with Crippen molar-refractivity contribution in [3.63, 3.8) is 0 Å². The van der Waals surface area contributed by atoms with E-state index >= 15 is 0 Å². The average molecular weight is 270 g/mol. The zero-order valence-corrected chi connectivity index (χ0v) is 11.3. The lowest BCUT2D eigenvalue weighted by Crippen LogP contribution is -2.30. The van der Waals surface area contributed by atoms with Gasteiger partial charge >= 0.3 is 11.9 Å². The number of esters is 2. The Bertz CT molecular complexity index is 599. The van der Waals surface area contributed by atoms with Crippen LogP contribution in [-0.2, 0) is 19.1 Å². The van der Waals surface area contributed by atoms with Gasteiger partial charge in [-0.2, -0.15) is 0 Å². The molecule has 0 aliphatic heterocycles. The van der Waals surface area contributed by atoms with E-state index in [0.717, 1.165) is 11.1 Å². The molecule has 4 nitrogen and oxygen atoms in total. The Labute approximate surface area is 116 Å². The molecule has 2 unspecified atom stereocenters. The third kappa shape index (κ3) is 1.61. The molecule has 4 heteroatoms. The molecule has 20 heavy (non-hydrogen) atoms. The highest BCUT2D eigenvalue weighted by molar-refractivity contribution is 6.04. The van der Waals surface area contributed by atoms with Crippen molar-refractivity contribution in [3.8, 4) is 0 Å². The van der Waals surface area contributed by atoms with Crippen molar-refractivity contribution < 1.29 is 19.1 Å². The second-order valence-electron chi connectivity index (χ2n) is 4.78. The minimum absolute atomic E-state index is 0.238. The Morgan fingerprint density at radius 2 is 1.25 bits per heavy atom. The molecule has 0 N–H and O–H groups in total. The molecular formula is C16H14O4. The van der Waals surface area contributed by atoms with Crippen LogP contribution in [0, 0.1) is 0 Å². The maximum atomic E-state index is 12.1. The van der Waals surface area contributed by atoms with E-state index in [1.54, 1.807) is 0 Å². The van der Waals surface area contributed by atoms with Crippen molar-refractivity contribution in [2.75, 3.05) is 14.2 Å². The summed E-state index contributed by atoms with van der Waals surface area (Å²) < 4.78 is 9.69. The SMILES string of the molecule is COC(=O)C1=C(C(=O)OC)C2C=CC1c1ccccc12. The molecule has 0 radical (unpaired) electrons. The Morgan fingerprint density at radius 1 is 0.850 bits per heavy atom. The molecule has 0 saturated carbocycles. The molecule has 0 aromatic heterocycles. The van der Waals surface area contributed by atoms with Gasteiger partial charge in [0.25, 0.3) is 0 Å². The van der Waals surface area contributed by atoms with E-state index in [0.29, 0.717) is 11.1 Å². The minimum Gasteiger partial charge on any atom is -0.466 e. The largest absolute Gasteiger partial charge is 0.466 e. The molecule has 2 atom stereocenters. The molecule has 0 spiro atoms. The molecule has 1 aromatic rings. The van der Waals surface area contributed by atoms with Crippen molar-refractivity contribution >= 4 is 11.9 Å². The smallest absolute Gasteiger partial charge is 0.335 e. The topological polar surface area (TPSA) is 52.6 Å². The highest BCUT2D eigenvalue weighted by Crippen LogP contribution is 2.49. The number of benzene rings is 1. The first kappa shape index (κ1) is 12.7. The van der Waals surface area contributed by atoms with Gasteiger partial charge in [-0.3, -0.25) is 0 Å². The summed E-state index contributed by atoms with van der Waals surface area (Å²) in [4.78, 5) is 24.2. The van der Waals surface area contributed by atoms with E-state index in [2.05, 4.69) is 0 Å². The number of hydrogen-bond acceptors (Lipinski definition) is 4. The zero-order chi connectivity index (χ0) is 14.3. The van der Waals surface area contributed by atoms with Gasteiger partial charge in [-0.1, -0.05) is 36.4 Å². The summed E-state index contributed by atoms with van der Waals surface area (Å²) in [5.41, 5.74) is 2.89. The Kier molecular flexibility index (Phi) is 2.93. The molecule has 0 heterocycles. The Hall–Kier alpha value is -2.36. The first-order valence-corrected chi connectivity index (χ1v) is 6.37. The summed E-state index contributed by atoms with van der Waals surface area (Å²) in [5, 5.41) is 0. The molecule has 4 rings (SSSR count). The van der Waals surface area contributed by atoms with Crippen molar-refractivity contribution in [3.05, 3.63) is 58.7 Å². The van der Waals surface area contributed by atoms with Gasteiger partial charge < -0.3 is 9.47 Å². The minimum atomic E-state index is -0.473. The molecule has 0 fully saturated rings. The number of hydrogen-bond donors (Lipinski definition) is 0. The van der Waals surface area contributed by atoms with Crippen LogP contribution in [-0.4, -0.2) is 26.2 Å². The lowest BCUT2D eigenvalue weighted by molar-refractivity contribution is -0.139. The highest BCUT2D eigenvalue weighted by Gasteiger charge is 2.42. The summed E-state index contributed by atoms with van der Waals surface area (Å²) >= 11 is 0. The van der Waals surface area contributed by atoms with Gasteiger partial charge in [0, 0.05) is 11.8 Å². The van der Waals surface area contributed by atoms with Crippen LogP contribution in [0.5, 0.6) is 0 Å². The summed E-state index contributed by atoms with van der Waals surface area (Å²) in [7, 11) is 2.64. The summed E-state index contributed by atoms with van der Waals surface area (Å²) in [6.45, 7) is 0. The monoisotopic (exact) mass is 270 g/mol. The number of rotatable bonds is 2. The third-order valence-corrected chi connectivity index (χ3v) is 3.88. The van der Waals surface area contributed by atoms with Crippen molar-refractivity contribution in [2.45, 2.75) is 11.8 Å². The normalized spacial score (nSPS) is 22.5. The van der Waals surface area contributed by atoms with Gasteiger partial charge in [-0.15, -0.1) is 0 Å². The van der Waals surface area contributed by atoms with E-state index in [4.69, 9.17) is 9.47 Å². The van der Waals surface area contributed by atoms with Crippen molar-refractivity contribution in [1.82, 2.24) is 0 Å². The molecule has 102 valence electrons. The van der Waals surface area contributed by atoms with E-state index in [-0.39, 0.29) is 11.8 Å². The Morgan fingerprint density at radius 3 is 1.60 bits per heavy atom. The molecule has 3 aliphatic carbocycles. The second-order valence-corrected chi connectivity index (χ2v) is 4.78. The maximum Gasteiger partial charge on any atom is 0.335 e. The number of ether oxygens (including phenoxy) is 2. The highest BCUT2D eigenvalue weighted by atomic mass is 16.5. The standard InChI is InChI=1S/C16H14O4/c1-19-15(17)13-11-7-8-12(14(13)16(18)20-2)10-6-4-3-5-9(10)11/h3-8,11-12H,1-2H3. The van der Waals surface area contributed by atoms with Crippen LogP contribution in [0.1, 0.15) is 23.0 Å². The van der Waals surface area contributed by atoms with E-state index in [1.807, 2.05) is 36.4 Å². The second kappa shape index (κ2) is 4.63. The predicted octanol–water partition coefficient (Wildman–Crippen LogP) is 2.08. The lowest BCUT2D eigenvalue weighted by Gasteiger charge is -2.35. The van der Waals surface area contributed by atoms with E-state index in [9.17, 15) is 9.59 Å². The molecule has 3 aliphatic rings. The quantitative estimate of drug-likeness (QED) is 0.610. The first-order chi connectivity index (χ1) is 9.69.